The van der Waals surface area contributed by atoms with Crippen LogP contribution in [0, 0.1) is 5.82 Å². The van der Waals surface area contributed by atoms with Crippen LogP contribution in [0.3, 0.4) is 0 Å². The molecule has 0 spiro atoms. The molecule has 164 valence electrons. The summed E-state index contributed by atoms with van der Waals surface area (Å²) in [6.07, 6.45) is 2.31. The Labute approximate surface area is 184 Å². The number of aliphatic hydroxyl groups excluding tert-OH is 1. The molecule has 1 saturated heterocycles. The van der Waals surface area contributed by atoms with Crippen LogP contribution in [-0.2, 0) is 22.6 Å². The van der Waals surface area contributed by atoms with E-state index in [2.05, 4.69) is 0 Å². The summed E-state index contributed by atoms with van der Waals surface area (Å²) in [6.45, 7) is 2.07. The third kappa shape index (κ3) is 3.77. The molecule has 2 aromatic carbocycles. The van der Waals surface area contributed by atoms with Crippen LogP contribution in [0.4, 0.5) is 4.39 Å². The molecule has 1 N–H and O–H groups in total. The minimum absolute atomic E-state index is 0.00604. The second-order valence-electron chi connectivity index (χ2n) is 7.45. The molecule has 1 aromatic heterocycles. The average molecular weight is 435 g/mol. The number of Topliss-reactive ketones (excluding diaryl/α,β-unsaturated/α-hetero) is 1. The molecule has 0 bridgehead atoms. The van der Waals surface area contributed by atoms with Crippen molar-refractivity contribution in [2.75, 3.05) is 7.11 Å². The van der Waals surface area contributed by atoms with Gasteiger partial charge in [0.1, 0.15) is 11.5 Å². The molecule has 1 aliphatic rings. The maximum absolute atomic E-state index is 14.3. The Kier molecular flexibility index (Phi) is 5.81. The largest absolute Gasteiger partial charge is 0.507 e. The number of likely N-dealkylation sites (tertiary alicyclic amines) is 1. The second kappa shape index (κ2) is 8.70. The minimum Gasteiger partial charge on any atom is -0.507 e. The molecule has 0 unspecified atom stereocenters. The Bertz CT molecular complexity index is 1180. The fourth-order valence-electron chi connectivity index (χ4n) is 3.86. The zero-order valence-electron chi connectivity index (χ0n) is 17.7. The van der Waals surface area contributed by atoms with Gasteiger partial charge in [-0.3, -0.25) is 9.59 Å². The fraction of sp³-hybridized carbons (Fsp3) is 0.200. The number of rotatable bonds is 6. The highest BCUT2D eigenvalue weighted by atomic mass is 19.1. The lowest BCUT2D eigenvalue weighted by molar-refractivity contribution is -0.140. The van der Waals surface area contributed by atoms with Crippen molar-refractivity contribution in [1.29, 1.82) is 0 Å². The van der Waals surface area contributed by atoms with Crippen LogP contribution in [0.5, 0.6) is 5.75 Å². The molecule has 1 amide bonds. The van der Waals surface area contributed by atoms with E-state index >= 15 is 0 Å². The normalized spacial score (nSPS) is 17.7. The first-order chi connectivity index (χ1) is 15.4. The summed E-state index contributed by atoms with van der Waals surface area (Å²) in [7, 11) is 1.33. The van der Waals surface area contributed by atoms with Crippen LogP contribution >= 0.6 is 0 Å². The summed E-state index contributed by atoms with van der Waals surface area (Å²) in [5.41, 5.74) is 1.72. The zero-order valence-corrected chi connectivity index (χ0v) is 17.7. The number of aryl methyl sites for hydroxylation is 1. The smallest absolute Gasteiger partial charge is 0.296 e. The first-order valence-electron chi connectivity index (χ1n) is 10.2. The third-order valence-electron chi connectivity index (χ3n) is 5.58. The number of carbonyl (C=O) groups excluding carboxylic acids is 2. The Morgan fingerprint density at radius 1 is 1.16 bits per heavy atom. The van der Waals surface area contributed by atoms with Crippen LogP contribution in [0.1, 0.15) is 35.4 Å². The molecule has 2 heterocycles. The maximum atomic E-state index is 14.3. The van der Waals surface area contributed by atoms with Gasteiger partial charge in [-0.05, 0) is 47.9 Å². The lowest BCUT2D eigenvalue weighted by Crippen LogP contribution is -2.29. The minimum atomic E-state index is -0.851. The van der Waals surface area contributed by atoms with Gasteiger partial charge in [0, 0.05) is 5.56 Å². The summed E-state index contributed by atoms with van der Waals surface area (Å²) in [5, 5.41) is 11.0. The van der Waals surface area contributed by atoms with Gasteiger partial charge >= 0.3 is 0 Å². The van der Waals surface area contributed by atoms with E-state index in [9.17, 15) is 19.1 Å². The fourth-order valence-corrected chi connectivity index (χ4v) is 3.86. The van der Waals surface area contributed by atoms with Crippen molar-refractivity contribution >= 4 is 17.4 Å². The van der Waals surface area contributed by atoms with Crippen molar-refractivity contribution in [2.24, 2.45) is 0 Å². The number of amides is 1. The monoisotopic (exact) mass is 435 g/mol. The zero-order chi connectivity index (χ0) is 22.8. The van der Waals surface area contributed by atoms with Gasteiger partial charge in [0.25, 0.3) is 11.7 Å². The molecule has 0 aliphatic carbocycles. The predicted molar refractivity (Wildman–Crippen MR) is 115 cm³/mol. The molecule has 1 atom stereocenters. The molecule has 7 heteroatoms. The standard InChI is InChI=1S/C25H22FNO5/c1-3-15-6-8-16(9-7-15)22-21(23(28)17-10-11-20(31-2)19(26)13-17)24(29)25(30)27(22)14-18-5-4-12-32-18/h4-13,22,28H,3,14H2,1-2H3/t22-/m1/s1. The van der Waals surface area contributed by atoms with Gasteiger partial charge in [0.05, 0.1) is 31.5 Å². The third-order valence-corrected chi connectivity index (χ3v) is 5.58. The molecule has 0 radical (unpaired) electrons. The van der Waals surface area contributed by atoms with Crippen molar-refractivity contribution in [1.82, 2.24) is 4.90 Å². The van der Waals surface area contributed by atoms with Crippen molar-refractivity contribution in [3.05, 3.63) is 94.7 Å². The van der Waals surface area contributed by atoms with Gasteiger partial charge in [-0.2, -0.15) is 0 Å². The first-order valence-corrected chi connectivity index (χ1v) is 10.2. The highest BCUT2D eigenvalue weighted by Crippen LogP contribution is 2.40. The number of ether oxygens (including phenoxy) is 1. The van der Waals surface area contributed by atoms with Crippen LogP contribution in [-0.4, -0.2) is 28.8 Å². The summed E-state index contributed by atoms with van der Waals surface area (Å²) < 4.78 is 24.6. The first kappa shape index (κ1) is 21.4. The number of furan rings is 1. The van der Waals surface area contributed by atoms with Crippen molar-refractivity contribution in [3.63, 3.8) is 0 Å². The van der Waals surface area contributed by atoms with Crippen molar-refractivity contribution in [2.45, 2.75) is 25.9 Å². The van der Waals surface area contributed by atoms with Gasteiger partial charge in [-0.1, -0.05) is 31.2 Å². The van der Waals surface area contributed by atoms with Gasteiger partial charge in [-0.15, -0.1) is 0 Å². The van der Waals surface area contributed by atoms with Gasteiger partial charge in [-0.25, -0.2) is 4.39 Å². The lowest BCUT2D eigenvalue weighted by atomic mass is 9.94. The molecule has 6 nitrogen and oxygen atoms in total. The number of nitrogens with zero attached hydrogens (tertiary/aromatic N) is 1. The Morgan fingerprint density at radius 3 is 2.50 bits per heavy atom. The molecule has 3 aromatic rings. The van der Waals surface area contributed by atoms with E-state index in [0.717, 1.165) is 18.1 Å². The van der Waals surface area contributed by atoms with E-state index in [1.807, 2.05) is 31.2 Å². The Hall–Kier alpha value is -3.87. The predicted octanol–water partition coefficient (Wildman–Crippen LogP) is 4.61. The average Bonchev–Trinajstić information content (AvgIpc) is 3.41. The van der Waals surface area contributed by atoms with E-state index in [1.165, 1.54) is 30.4 Å². The maximum Gasteiger partial charge on any atom is 0.296 e. The van der Waals surface area contributed by atoms with E-state index in [-0.39, 0.29) is 23.4 Å². The van der Waals surface area contributed by atoms with E-state index in [4.69, 9.17) is 9.15 Å². The summed E-state index contributed by atoms with van der Waals surface area (Å²) in [5.74, 6) is -2.23. The van der Waals surface area contributed by atoms with Gasteiger partial charge < -0.3 is 19.2 Å². The van der Waals surface area contributed by atoms with Gasteiger partial charge in [0.2, 0.25) is 0 Å². The van der Waals surface area contributed by atoms with Crippen LogP contribution in [0.15, 0.2) is 70.9 Å². The van der Waals surface area contributed by atoms with Crippen LogP contribution < -0.4 is 4.74 Å². The molecule has 32 heavy (non-hydrogen) atoms. The molecular weight excluding hydrogens is 413 g/mol. The van der Waals surface area contributed by atoms with E-state index < -0.39 is 29.3 Å². The van der Waals surface area contributed by atoms with Crippen molar-refractivity contribution in [3.8, 4) is 5.75 Å². The Morgan fingerprint density at radius 2 is 1.91 bits per heavy atom. The topological polar surface area (TPSA) is 80.0 Å². The number of aliphatic hydroxyl groups is 1. The van der Waals surface area contributed by atoms with Crippen molar-refractivity contribution < 1.29 is 28.2 Å². The molecule has 1 aliphatic heterocycles. The highest BCUT2D eigenvalue weighted by Gasteiger charge is 2.46. The number of carbonyl (C=O) groups is 2. The van der Waals surface area contributed by atoms with Gasteiger partial charge in [0.15, 0.2) is 11.6 Å². The molecule has 1 fully saturated rings. The number of hydrogen-bond acceptors (Lipinski definition) is 5. The lowest BCUT2D eigenvalue weighted by Gasteiger charge is -2.24. The summed E-state index contributed by atoms with van der Waals surface area (Å²) in [4.78, 5) is 27.3. The number of hydrogen-bond donors (Lipinski definition) is 1. The molecular formula is C25H22FNO5. The summed E-state index contributed by atoms with van der Waals surface area (Å²) in [6, 6.07) is 13.9. The second-order valence-corrected chi connectivity index (χ2v) is 7.45. The number of ketones is 1. The number of halogens is 1. The number of methoxy groups -OCH3 is 1. The van der Waals surface area contributed by atoms with E-state index in [1.54, 1.807) is 12.1 Å². The molecule has 0 saturated carbocycles. The quantitative estimate of drug-likeness (QED) is 0.347. The SMILES string of the molecule is CCc1ccc([C@@H]2C(=C(O)c3ccc(OC)c(F)c3)C(=O)C(=O)N2Cc2ccco2)cc1. The van der Waals surface area contributed by atoms with Crippen LogP contribution in [0.25, 0.3) is 5.76 Å². The molecule has 4 rings (SSSR count). The van der Waals surface area contributed by atoms with E-state index in [0.29, 0.717) is 11.3 Å². The Balaban J connectivity index is 1.85. The van der Waals surface area contributed by atoms with Crippen LogP contribution in [0.2, 0.25) is 0 Å². The number of benzene rings is 2. The highest BCUT2D eigenvalue weighted by molar-refractivity contribution is 6.46. The summed E-state index contributed by atoms with van der Waals surface area (Å²) >= 11 is 0.